The fourth-order valence-corrected chi connectivity index (χ4v) is 2.38. The molecule has 0 amide bonds. The van der Waals surface area contributed by atoms with E-state index in [1.165, 1.54) is 0 Å². The molecule has 2 N–H and O–H groups in total. The number of para-hydroxylation sites is 1. The van der Waals surface area contributed by atoms with E-state index >= 15 is 0 Å². The third-order valence-corrected chi connectivity index (χ3v) is 3.38. The van der Waals surface area contributed by atoms with E-state index in [0.29, 0.717) is 17.5 Å². The van der Waals surface area contributed by atoms with Crippen molar-refractivity contribution in [2.24, 2.45) is 0 Å². The number of carboxylic acids is 1. The molecule has 4 nitrogen and oxygen atoms in total. The summed E-state index contributed by atoms with van der Waals surface area (Å²) in [5.41, 5.74) is 1.93. The standard InChI is InChI=1S/C16H13NO3/c18-15-7-2-1-4-11(15)10-17-9-8-12-13(16(19)20)5-3-6-14(12)17/h1-9,18H,10H2,(H,19,20). The number of aromatic nitrogens is 1. The molecule has 0 fully saturated rings. The number of fused-ring (bicyclic) bond motifs is 1. The molecule has 0 atom stereocenters. The Morgan fingerprint density at radius 1 is 1.05 bits per heavy atom. The Kier molecular flexibility index (Phi) is 2.91. The molecular formula is C16H13NO3. The smallest absolute Gasteiger partial charge is 0.336 e. The average Bonchev–Trinajstić information content (AvgIpc) is 2.84. The number of aromatic hydroxyl groups is 1. The summed E-state index contributed by atoms with van der Waals surface area (Å²) in [6.07, 6.45) is 1.84. The van der Waals surface area contributed by atoms with Crippen LogP contribution in [-0.4, -0.2) is 20.7 Å². The quantitative estimate of drug-likeness (QED) is 0.766. The molecule has 3 rings (SSSR count). The van der Waals surface area contributed by atoms with Crippen LogP contribution in [0.5, 0.6) is 5.75 Å². The minimum Gasteiger partial charge on any atom is -0.508 e. The fraction of sp³-hybridized carbons (Fsp3) is 0.0625. The summed E-state index contributed by atoms with van der Waals surface area (Å²) in [6.45, 7) is 0.499. The number of nitrogens with zero attached hydrogens (tertiary/aromatic N) is 1. The van der Waals surface area contributed by atoms with Gasteiger partial charge in [0, 0.05) is 22.7 Å². The van der Waals surface area contributed by atoms with Crippen molar-refractivity contribution < 1.29 is 15.0 Å². The van der Waals surface area contributed by atoms with E-state index in [1.807, 2.05) is 29.0 Å². The molecule has 0 unspecified atom stereocenters. The molecule has 0 aliphatic carbocycles. The average molecular weight is 267 g/mol. The number of carboxylic acid groups (broad SMARTS) is 1. The lowest BCUT2D eigenvalue weighted by Gasteiger charge is -2.08. The molecule has 20 heavy (non-hydrogen) atoms. The fourth-order valence-electron chi connectivity index (χ4n) is 2.38. The number of benzene rings is 2. The van der Waals surface area contributed by atoms with Gasteiger partial charge >= 0.3 is 5.97 Å². The van der Waals surface area contributed by atoms with Crippen LogP contribution in [0.25, 0.3) is 10.9 Å². The highest BCUT2D eigenvalue weighted by Gasteiger charge is 2.11. The van der Waals surface area contributed by atoms with Crippen molar-refractivity contribution >= 4 is 16.9 Å². The maximum atomic E-state index is 11.2. The Morgan fingerprint density at radius 3 is 2.60 bits per heavy atom. The van der Waals surface area contributed by atoms with E-state index < -0.39 is 5.97 Å². The van der Waals surface area contributed by atoms with E-state index in [1.54, 1.807) is 30.3 Å². The molecule has 3 aromatic rings. The molecule has 4 heteroatoms. The number of rotatable bonds is 3. The van der Waals surface area contributed by atoms with Gasteiger partial charge in [-0.05, 0) is 24.3 Å². The Morgan fingerprint density at radius 2 is 1.85 bits per heavy atom. The molecule has 1 heterocycles. The molecule has 100 valence electrons. The van der Waals surface area contributed by atoms with Crippen molar-refractivity contribution in [1.29, 1.82) is 0 Å². The van der Waals surface area contributed by atoms with Crippen LogP contribution in [0.3, 0.4) is 0 Å². The highest BCUT2D eigenvalue weighted by molar-refractivity contribution is 6.02. The van der Waals surface area contributed by atoms with Crippen molar-refractivity contribution in [1.82, 2.24) is 4.57 Å². The maximum absolute atomic E-state index is 11.2. The van der Waals surface area contributed by atoms with Crippen LogP contribution in [0.2, 0.25) is 0 Å². The number of phenols is 1. The van der Waals surface area contributed by atoms with Crippen LogP contribution in [0.15, 0.2) is 54.7 Å². The second-order valence-corrected chi connectivity index (χ2v) is 4.62. The Labute approximate surface area is 115 Å². The van der Waals surface area contributed by atoms with E-state index in [0.717, 1.165) is 11.1 Å². The van der Waals surface area contributed by atoms with Crippen molar-refractivity contribution in [2.75, 3.05) is 0 Å². The van der Waals surface area contributed by atoms with Gasteiger partial charge in [0.1, 0.15) is 5.75 Å². The lowest BCUT2D eigenvalue weighted by molar-refractivity contribution is 0.0699. The van der Waals surface area contributed by atoms with Gasteiger partial charge in [0.2, 0.25) is 0 Å². The maximum Gasteiger partial charge on any atom is 0.336 e. The molecule has 0 bridgehead atoms. The lowest BCUT2D eigenvalue weighted by atomic mass is 10.1. The Bertz CT molecular complexity index is 789. The summed E-state index contributed by atoms with van der Waals surface area (Å²) in [7, 11) is 0. The van der Waals surface area contributed by atoms with Crippen molar-refractivity contribution in [2.45, 2.75) is 6.54 Å². The third-order valence-electron chi connectivity index (χ3n) is 3.38. The number of aromatic carboxylic acids is 1. The zero-order chi connectivity index (χ0) is 14.1. The largest absolute Gasteiger partial charge is 0.508 e. The zero-order valence-electron chi connectivity index (χ0n) is 10.7. The van der Waals surface area contributed by atoms with E-state index in [4.69, 9.17) is 0 Å². The summed E-state index contributed by atoms with van der Waals surface area (Å²) >= 11 is 0. The SMILES string of the molecule is O=C(O)c1cccc2c1ccn2Cc1ccccc1O. The molecule has 0 aliphatic heterocycles. The van der Waals surface area contributed by atoms with Crippen LogP contribution >= 0.6 is 0 Å². The van der Waals surface area contributed by atoms with Gasteiger partial charge in [-0.2, -0.15) is 0 Å². The van der Waals surface area contributed by atoms with Crippen molar-refractivity contribution in [3.63, 3.8) is 0 Å². The van der Waals surface area contributed by atoms with Gasteiger partial charge in [0.25, 0.3) is 0 Å². The Hall–Kier alpha value is -2.75. The summed E-state index contributed by atoms with van der Waals surface area (Å²) in [6, 6.07) is 14.1. The minimum absolute atomic E-state index is 0.240. The van der Waals surface area contributed by atoms with Gasteiger partial charge in [-0.1, -0.05) is 24.3 Å². The van der Waals surface area contributed by atoms with Crippen LogP contribution in [0.4, 0.5) is 0 Å². The molecule has 0 radical (unpaired) electrons. The van der Waals surface area contributed by atoms with Crippen LogP contribution in [0.1, 0.15) is 15.9 Å². The van der Waals surface area contributed by atoms with Gasteiger partial charge in [-0.3, -0.25) is 0 Å². The molecule has 0 saturated carbocycles. The molecule has 0 saturated heterocycles. The van der Waals surface area contributed by atoms with Gasteiger partial charge in [-0.15, -0.1) is 0 Å². The number of phenolic OH excluding ortho intramolecular Hbond substituents is 1. The van der Waals surface area contributed by atoms with E-state index in [9.17, 15) is 15.0 Å². The van der Waals surface area contributed by atoms with Gasteiger partial charge in [-0.25, -0.2) is 4.79 Å². The summed E-state index contributed by atoms with van der Waals surface area (Å²) in [5, 5.41) is 19.7. The second-order valence-electron chi connectivity index (χ2n) is 4.62. The predicted molar refractivity (Wildman–Crippen MR) is 76.1 cm³/mol. The van der Waals surface area contributed by atoms with Gasteiger partial charge < -0.3 is 14.8 Å². The molecule has 2 aromatic carbocycles. The number of carbonyl (C=O) groups is 1. The van der Waals surface area contributed by atoms with Crippen LogP contribution in [-0.2, 0) is 6.54 Å². The number of hydrogen-bond acceptors (Lipinski definition) is 2. The van der Waals surface area contributed by atoms with E-state index in [-0.39, 0.29) is 5.75 Å². The Balaban J connectivity index is 2.08. The summed E-state index contributed by atoms with van der Waals surface area (Å²) in [5.74, 6) is -0.695. The van der Waals surface area contributed by atoms with E-state index in [2.05, 4.69) is 0 Å². The van der Waals surface area contributed by atoms with Crippen molar-refractivity contribution in [3.05, 3.63) is 65.9 Å². The highest BCUT2D eigenvalue weighted by atomic mass is 16.4. The molecule has 1 aromatic heterocycles. The summed E-state index contributed by atoms with van der Waals surface area (Å²) in [4.78, 5) is 11.2. The first-order valence-electron chi connectivity index (χ1n) is 6.25. The summed E-state index contributed by atoms with van der Waals surface area (Å²) < 4.78 is 1.93. The highest BCUT2D eigenvalue weighted by Crippen LogP contribution is 2.23. The number of hydrogen-bond donors (Lipinski definition) is 2. The first-order chi connectivity index (χ1) is 9.66. The first kappa shape index (κ1) is 12.3. The minimum atomic E-state index is -0.934. The molecular weight excluding hydrogens is 254 g/mol. The van der Waals surface area contributed by atoms with Gasteiger partial charge in [0.15, 0.2) is 0 Å². The molecule has 0 aliphatic rings. The van der Waals surface area contributed by atoms with Gasteiger partial charge in [0.05, 0.1) is 12.1 Å². The van der Waals surface area contributed by atoms with Crippen LogP contribution < -0.4 is 0 Å². The first-order valence-corrected chi connectivity index (χ1v) is 6.25. The lowest BCUT2D eigenvalue weighted by Crippen LogP contribution is -2.00. The predicted octanol–water partition coefficient (Wildman–Crippen LogP) is 3.09. The normalized spacial score (nSPS) is 10.8. The molecule has 0 spiro atoms. The monoisotopic (exact) mass is 267 g/mol. The van der Waals surface area contributed by atoms with Crippen LogP contribution in [0, 0.1) is 0 Å². The zero-order valence-corrected chi connectivity index (χ0v) is 10.7. The third kappa shape index (κ3) is 2.01. The topological polar surface area (TPSA) is 62.5 Å². The van der Waals surface area contributed by atoms with Crippen molar-refractivity contribution in [3.8, 4) is 5.75 Å². The second kappa shape index (κ2) is 4.74.